The van der Waals surface area contributed by atoms with Crippen molar-refractivity contribution in [2.45, 2.75) is 83.4 Å². The van der Waals surface area contributed by atoms with Crippen molar-refractivity contribution in [3.63, 3.8) is 0 Å². The highest BCUT2D eigenvalue weighted by Crippen LogP contribution is 2.43. The third kappa shape index (κ3) is 6.29. The summed E-state index contributed by atoms with van der Waals surface area (Å²) < 4.78 is 48.4. The highest BCUT2D eigenvalue weighted by Gasteiger charge is 2.38. The first-order valence-corrected chi connectivity index (χ1v) is 12.9. The molecule has 1 aliphatic carbocycles. The van der Waals surface area contributed by atoms with Gasteiger partial charge in [0, 0.05) is 6.54 Å². The Balaban J connectivity index is 1.55. The van der Waals surface area contributed by atoms with Crippen LogP contribution in [0.4, 0.5) is 13.2 Å². The quantitative estimate of drug-likeness (QED) is 0.418. The predicted octanol–water partition coefficient (Wildman–Crippen LogP) is 6.98. The first-order chi connectivity index (χ1) is 16.7. The molecule has 4 nitrogen and oxygen atoms in total. The van der Waals surface area contributed by atoms with E-state index in [0.717, 1.165) is 57.1 Å². The van der Waals surface area contributed by atoms with E-state index in [1.165, 1.54) is 6.07 Å². The number of ether oxygens (including phenoxy) is 1. The molecule has 192 valence electrons. The minimum Gasteiger partial charge on any atom is -0.490 e. The lowest BCUT2D eigenvalue weighted by Crippen LogP contribution is -2.41. The fourth-order valence-electron chi connectivity index (χ4n) is 5.96. The van der Waals surface area contributed by atoms with Gasteiger partial charge in [0.25, 0.3) is 0 Å². The molecule has 0 radical (unpaired) electrons. The van der Waals surface area contributed by atoms with Crippen LogP contribution in [-0.2, 0) is 17.4 Å². The van der Waals surface area contributed by atoms with Crippen molar-refractivity contribution in [3.8, 4) is 5.75 Å². The van der Waals surface area contributed by atoms with Crippen LogP contribution in [-0.4, -0.2) is 30.3 Å². The molecule has 35 heavy (non-hydrogen) atoms. The van der Waals surface area contributed by atoms with Crippen molar-refractivity contribution in [1.82, 2.24) is 5.32 Å². The molecule has 0 amide bonds. The fourth-order valence-corrected chi connectivity index (χ4v) is 5.96. The van der Waals surface area contributed by atoms with Crippen molar-refractivity contribution in [2.75, 3.05) is 13.1 Å². The van der Waals surface area contributed by atoms with Gasteiger partial charge in [-0.15, -0.1) is 0 Å². The molecule has 0 aromatic heterocycles. The van der Waals surface area contributed by atoms with E-state index in [9.17, 15) is 23.1 Å². The molecule has 1 heterocycles. The topological polar surface area (TPSA) is 58.6 Å². The average Bonchev–Trinajstić information content (AvgIpc) is 2.82. The van der Waals surface area contributed by atoms with Crippen molar-refractivity contribution in [2.24, 2.45) is 11.3 Å². The molecule has 0 spiro atoms. The Kier molecular flexibility index (Phi) is 7.94. The van der Waals surface area contributed by atoms with Gasteiger partial charge in [0.2, 0.25) is 0 Å². The molecule has 2 N–H and O–H groups in total. The first-order valence-electron chi connectivity index (χ1n) is 12.9. The molecule has 2 aromatic rings. The summed E-state index contributed by atoms with van der Waals surface area (Å²) >= 11 is 0. The van der Waals surface area contributed by atoms with Gasteiger partial charge in [-0.3, -0.25) is 4.79 Å². The first kappa shape index (κ1) is 25.8. The second kappa shape index (κ2) is 10.8. The second-order valence-corrected chi connectivity index (χ2v) is 10.5. The molecule has 0 bridgehead atoms. The number of carboxylic acids is 1. The molecular weight excluding hydrogens is 455 g/mol. The Hall–Kier alpha value is -2.28. The van der Waals surface area contributed by atoms with E-state index in [1.54, 1.807) is 18.2 Å². The van der Waals surface area contributed by atoms with E-state index in [2.05, 4.69) is 12.2 Å². The normalized spacial score (nSPS) is 25.5. The number of hydrogen-bond acceptors (Lipinski definition) is 3. The summed E-state index contributed by atoms with van der Waals surface area (Å²) in [6, 6.07) is 8.30. The van der Waals surface area contributed by atoms with Gasteiger partial charge in [-0.1, -0.05) is 37.6 Å². The molecule has 1 aliphatic heterocycles. The molecule has 7 heteroatoms. The predicted molar refractivity (Wildman–Crippen MR) is 131 cm³/mol. The number of nitrogens with one attached hydrogen (secondary N) is 1. The molecule has 2 aromatic carbocycles. The molecule has 2 aliphatic rings. The van der Waals surface area contributed by atoms with E-state index in [1.807, 2.05) is 6.07 Å². The Labute approximate surface area is 205 Å². The monoisotopic (exact) mass is 491 g/mol. The van der Waals surface area contributed by atoms with Crippen LogP contribution in [0.25, 0.3) is 10.8 Å². The van der Waals surface area contributed by atoms with Crippen LogP contribution in [0.15, 0.2) is 30.3 Å². The minimum absolute atomic E-state index is 0.0774. The van der Waals surface area contributed by atoms with Gasteiger partial charge in [0.15, 0.2) is 0 Å². The number of aliphatic carboxylic acids is 1. The third-order valence-electron chi connectivity index (χ3n) is 8.03. The van der Waals surface area contributed by atoms with Gasteiger partial charge in [-0.05, 0) is 91.6 Å². The van der Waals surface area contributed by atoms with Crippen LogP contribution in [0.1, 0.15) is 75.8 Å². The largest absolute Gasteiger partial charge is 0.490 e. The molecule has 1 atom stereocenters. The van der Waals surface area contributed by atoms with Crippen molar-refractivity contribution in [3.05, 3.63) is 41.5 Å². The fraction of sp³-hybridized carbons (Fsp3) is 0.607. The molecular formula is C28H36F3NO3. The summed E-state index contributed by atoms with van der Waals surface area (Å²) in [6.45, 7) is 3.71. The molecule has 0 unspecified atom stereocenters. The van der Waals surface area contributed by atoms with E-state index in [4.69, 9.17) is 4.74 Å². The van der Waals surface area contributed by atoms with Crippen LogP contribution >= 0.6 is 0 Å². The maximum atomic E-state index is 14.2. The van der Waals surface area contributed by atoms with E-state index in [0.29, 0.717) is 30.7 Å². The summed E-state index contributed by atoms with van der Waals surface area (Å²) in [4.78, 5) is 11.5. The van der Waals surface area contributed by atoms with Crippen LogP contribution in [0.3, 0.4) is 0 Å². The summed E-state index contributed by atoms with van der Waals surface area (Å²) in [7, 11) is 0. The Morgan fingerprint density at radius 1 is 1.17 bits per heavy atom. The molecule has 2 fully saturated rings. The lowest BCUT2D eigenvalue weighted by Gasteiger charge is -2.36. The van der Waals surface area contributed by atoms with Gasteiger partial charge in [0.05, 0.1) is 12.5 Å². The highest BCUT2D eigenvalue weighted by atomic mass is 19.4. The van der Waals surface area contributed by atoms with E-state index >= 15 is 0 Å². The maximum absolute atomic E-state index is 14.2. The van der Waals surface area contributed by atoms with E-state index < -0.39 is 17.7 Å². The number of benzene rings is 2. The SMILES string of the molecule is CCC1CCC(Oc2ccc3cc(CC[C@]4(CC(=O)O)CCCNC4)ccc3c2C(F)(F)F)CC1. The van der Waals surface area contributed by atoms with Crippen molar-refractivity contribution < 1.29 is 27.8 Å². The smallest absolute Gasteiger partial charge is 0.420 e. The average molecular weight is 492 g/mol. The zero-order valence-corrected chi connectivity index (χ0v) is 20.4. The number of carboxylic acid groups (broad SMARTS) is 1. The molecule has 4 rings (SSSR count). The number of carbonyl (C=O) groups is 1. The maximum Gasteiger partial charge on any atom is 0.420 e. The number of piperidine rings is 1. The third-order valence-corrected chi connectivity index (χ3v) is 8.03. The minimum atomic E-state index is -4.52. The summed E-state index contributed by atoms with van der Waals surface area (Å²) in [5, 5.41) is 13.4. The number of fused-ring (bicyclic) bond motifs is 1. The van der Waals surface area contributed by atoms with Gasteiger partial charge >= 0.3 is 12.1 Å². The van der Waals surface area contributed by atoms with Crippen LogP contribution in [0, 0.1) is 11.3 Å². The highest BCUT2D eigenvalue weighted by molar-refractivity contribution is 5.89. The molecule has 1 saturated carbocycles. The Bertz CT molecular complexity index is 1020. The van der Waals surface area contributed by atoms with Crippen LogP contribution in [0.2, 0.25) is 0 Å². The lowest BCUT2D eigenvalue weighted by molar-refractivity contribution is -0.140. The number of alkyl halides is 3. The summed E-state index contributed by atoms with van der Waals surface area (Å²) in [5.74, 6) is -0.241. The molecule has 1 saturated heterocycles. The van der Waals surface area contributed by atoms with Crippen molar-refractivity contribution in [1.29, 1.82) is 0 Å². The zero-order chi connectivity index (χ0) is 25.1. The summed E-state index contributed by atoms with van der Waals surface area (Å²) in [6.07, 6.45) is 3.19. The van der Waals surface area contributed by atoms with Gasteiger partial charge in [-0.2, -0.15) is 13.2 Å². The second-order valence-electron chi connectivity index (χ2n) is 10.5. The standard InChI is InChI=1S/C28H36F3NO3/c1-2-19-4-8-22(9-5-19)35-24-11-7-21-16-20(6-10-23(21)26(24)28(29,30)31)12-14-27(17-25(33)34)13-3-15-32-18-27/h6-7,10-11,16,19,22,32H,2-5,8-9,12-15,17-18H2,1H3,(H,33,34)/t19?,22?,27-/m0/s1. The number of aryl methyl sites for hydroxylation is 1. The van der Waals surface area contributed by atoms with Crippen LogP contribution < -0.4 is 10.1 Å². The van der Waals surface area contributed by atoms with Gasteiger partial charge in [-0.25, -0.2) is 0 Å². The lowest BCUT2D eigenvalue weighted by atomic mass is 9.73. The zero-order valence-electron chi connectivity index (χ0n) is 20.4. The van der Waals surface area contributed by atoms with Crippen LogP contribution in [0.5, 0.6) is 5.75 Å². The van der Waals surface area contributed by atoms with Gasteiger partial charge in [0.1, 0.15) is 11.3 Å². The number of halogens is 3. The van der Waals surface area contributed by atoms with E-state index in [-0.39, 0.29) is 29.1 Å². The number of rotatable bonds is 8. The summed E-state index contributed by atoms with van der Waals surface area (Å²) in [5.41, 5.74) is -0.0875. The Morgan fingerprint density at radius 3 is 2.57 bits per heavy atom. The Morgan fingerprint density at radius 2 is 1.94 bits per heavy atom. The van der Waals surface area contributed by atoms with Gasteiger partial charge < -0.3 is 15.2 Å². The van der Waals surface area contributed by atoms with Crippen molar-refractivity contribution >= 4 is 16.7 Å². The number of hydrogen-bond donors (Lipinski definition) is 2.